The zero-order chi connectivity index (χ0) is 17.5. The van der Waals surface area contributed by atoms with Crippen molar-refractivity contribution in [3.8, 4) is 5.75 Å². The van der Waals surface area contributed by atoms with Crippen molar-refractivity contribution in [2.24, 2.45) is 5.84 Å². The second-order valence-corrected chi connectivity index (χ2v) is 5.45. The Morgan fingerprint density at radius 2 is 1.88 bits per heavy atom. The third-order valence-corrected chi connectivity index (χ3v) is 3.63. The van der Waals surface area contributed by atoms with Crippen molar-refractivity contribution < 1.29 is 14.5 Å². The number of nitro groups is 1. The molecule has 0 unspecified atom stereocenters. The number of aryl methyl sites for hydroxylation is 1. The van der Waals surface area contributed by atoms with E-state index in [9.17, 15) is 14.9 Å². The lowest BCUT2D eigenvalue weighted by Crippen LogP contribution is -2.30. The summed E-state index contributed by atoms with van der Waals surface area (Å²) < 4.78 is 5.62. The summed E-state index contributed by atoms with van der Waals surface area (Å²) in [5.74, 6) is 5.28. The van der Waals surface area contributed by atoms with Crippen LogP contribution in [0, 0.1) is 10.1 Å². The van der Waals surface area contributed by atoms with E-state index in [-0.39, 0.29) is 24.6 Å². The SMILES string of the molecule is NNC(=O)CCc1ccc(OCc2ccc([N+](=O)[O-])cc2)c(Cl)c1. The van der Waals surface area contributed by atoms with Gasteiger partial charge in [-0.15, -0.1) is 0 Å². The molecule has 0 heterocycles. The van der Waals surface area contributed by atoms with Gasteiger partial charge in [0.1, 0.15) is 12.4 Å². The monoisotopic (exact) mass is 349 g/mol. The van der Waals surface area contributed by atoms with Crippen molar-refractivity contribution in [2.75, 3.05) is 0 Å². The number of rotatable bonds is 7. The van der Waals surface area contributed by atoms with Crippen LogP contribution in [0.25, 0.3) is 0 Å². The zero-order valence-corrected chi connectivity index (χ0v) is 13.5. The van der Waals surface area contributed by atoms with E-state index < -0.39 is 4.92 Å². The smallest absolute Gasteiger partial charge is 0.269 e. The molecule has 0 saturated carbocycles. The number of hydrogen-bond donors (Lipinski definition) is 2. The maximum Gasteiger partial charge on any atom is 0.269 e. The molecule has 0 radical (unpaired) electrons. The first-order valence-electron chi connectivity index (χ1n) is 7.13. The van der Waals surface area contributed by atoms with E-state index >= 15 is 0 Å². The van der Waals surface area contributed by atoms with Gasteiger partial charge in [-0.25, -0.2) is 5.84 Å². The number of carbonyl (C=O) groups is 1. The normalized spacial score (nSPS) is 10.2. The quantitative estimate of drug-likeness (QED) is 0.346. The highest BCUT2D eigenvalue weighted by Crippen LogP contribution is 2.27. The Labute approximate surface area is 143 Å². The molecule has 0 saturated heterocycles. The van der Waals surface area contributed by atoms with Crippen LogP contribution in [0.4, 0.5) is 5.69 Å². The molecule has 3 N–H and O–H groups in total. The highest BCUT2D eigenvalue weighted by atomic mass is 35.5. The zero-order valence-electron chi connectivity index (χ0n) is 12.7. The molecular weight excluding hydrogens is 334 g/mol. The number of nitro benzene ring substituents is 1. The van der Waals surface area contributed by atoms with Gasteiger partial charge in [-0.1, -0.05) is 17.7 Å². The molecule has 8 heteroatoms. The molecule has 0 aliphatic heterocycles. The van der Waals surface area contributed by atoms with Crippen LogP contribution in [0.1, 0.15) is 17.5 Å². The molecule has 1 amide bonds. The van der Waals surface area contributed by atoms with Crippen molar-refractivity contribution in [1.82, 2.24) is 5.43 Å². The van der Waals surface area contributed by atoms with Crippen LogP contribution in [-0.4, -0.2) is 10.8 Å². The number of benzene rings is 2. The number of nitrogens with zero attached hydrogens (tertiary/aromatic N) is 1. The van der Waals surface area contributed by atoms with E-state index in [0.29, 0.717) is 17.2 Å². The van der Waals surface area contributed by atoms with Gasteiger partial charge in [-0.05, 0) is 41.8 Å². The van der Waals surface area contributed by atoms with Gasteiger partial charge in [0.25, 0.3) is 5.69 Å². The van der Waals surface area contributed by atoms with Crippen molar-refractivity contribution in [3.63, 3.8) is 0 Å². The van der Waals surface area contributed by atoms with Crippen LogP contribution >= 0.6 is 11.6 Å². The van der Waals surface area contributed by atoms with Gasteiger partial charge in [0.05, 0.1) is 9.95 Å². The summed E-state index contributed by atoms with van der Waals surface area (Å²) in [6.45, 7) is 0.243. The van der Waals surface area contributed by atoms with Gasteiger partial charge >= 0.3 is 0 Å². The first-order valence-corrected chi connectivity index (χ1v) is 7.51. The van der Waals surface area contributed by atoms with Gasteiger partial charge in [-0.3, -0.25) is 20.3 Å². The summed E-state index contributed by atoms with van der Waals surface area (Å²) in [7, 11) is 0. The predicted octanol–water partition coefficient (Wildman–Crippen LogP) is 2.75. The lowest BCUT2D eigenvalue weighted by Gasteiger charge is -2.09. The van der Waals surface area contributed by atoms with Crippen LogP contribution in [0.15, 0.2) is 42.5 Å². The molecular formula is C16H16ClN3O4. The fraction of sp³-hybridized carbons (Fsp3) is 0.188. The van der Waals surface area contributed by atoms with Crippen LogP contribution in [-0.2, 0) is 17.8 Å². The van der Waals surface area contributed by atoms with Gasteiger partial charge in [-0.2, -0.15) is 0 Å². The molecule has 24 heavy (non-hydrogen) atoms. The second kappa shape index (κ2) is 8.28. The van der Waals surface area contributed by atoms with Crippen LogP contribution in [0.5, 0.6) is 5.75 Å². The average Bonchev–Trinajstić information content (AvgIpc) is 2.59. The molecule has 0 aliphatic carbocycles. The first kappa shape index (κ1) is 17.7. The van der Waals surface area contributed by atoms with Crippen molar-refractivity contribution in [2.45, 2.75) is 19.4 Å². The third kappa shape index (κ3) is 4.94. The standard InChI is InChI=1S/C16H16ClN3O4/c17-14-9-11(4-8-16(21)19-18)3-7-15(14)24-10-12-1-5-13(6-2-12)20(22)23/h1-3,5-7,9H,4,8,10,18H2,(H,19,21). The Hall–Kier alpha value is -2.64. The Bertz CT molecular complexity index is 735. The number of ether oxygens (including phenoxy) is 1. The van der Waals surface area contributed by atoms with E-state index in [2.05, 4.69) is 5.43 Å². The summed E-state index contributed by atoms with van der Waals surface area (Å²) >= 11 is 6.17. The number of carbonyl (C=O) groups excluding carboxylic acids is 1. The van der Waals surface area contributed by atoms with Crippen LogP contribution < -0.4 is 16.0 Å². The summed E-state index contributed by atoms with van der Waals surface area (Å²) in [6, 6.07) is 11.4. The van der Waals surface area contributed by atoms with E-state index in [4.69, 9.17) is 22.2 Å². The van der Waals surface area contributed by atoms with E-state index in [0.717, 1.165) is 11.1 Å². The van der Waals surface area contributed by atoms with Gasteiger partial charge in [0, 0.05) is 18.6 Å². The highest BCUT2D eigenvalue weighted by Gasteiger charge is 2.07. The van der Waals surface area contributed by atoms with E-state index in [1.807, 2.05) is 6.07 Å². The van der Waals surface area contributed by atoms with Crippen LogP contribution in [0.2, 0.25) is 5.02 Å². The molecule has 0 bridgehead atoms. The number of non-ortho nitro benzene ring substituents is 1. The van der Waals surface area contributed by atoms with E-state index in [1.165, 1.54) is 12.1 Å². The lowest BCUT2D eigenvalue weighted by molar-refractivity contribution is -0.384. The highest BCUT2D eigenvalue weighted by molar-refractivity contribution is 6.32. The summed E-state index contributed by atoms with van der Waals surface area (Å²) in [5.41, 5.74) is 3.79. The third-order valence-electron chi connectivity index (χ3n) is 3.34. The molecule has 2 rings (SSSR count). The molecule has 126 valence electrons. The minimum absolute atomic E-state index is 0.0302. The lowest BCUT2D eigenvalue weighted by atomic mass is 10.1. The minimum Gasteiger partial charge on any atom is -0.487 e. The number of amides is 1. The maximum absolute atomic E-state index is 11.1. The molecule has 0 spiro atoms. The number of hydrogen-bond acceptors (Lipinski definition) is 5. The number of halogens is 1. The Balaban J connectivity index is 1.95. The maximum atomic E-state index is 11.1. The fourth-order valence-electron chi connectivity index (χ4n) is 2.02. The Morgan fingerprint density at radius 3 is 2.46 bits per heavy atom. The number of nitrogens with one attached hydrogen (secondary N) is 1. The summed E-state index contributed by atoms with van der Waals surface area (Å²) in [4.78, 5) is 21.3. The summed E-state index contributed by atoms with van der Waals surface area (Å²) in [6.07, 6.45) is 0.793. The fourth-order valence-corrected chi connectivity index (χ4v) is 2.28. The van der Waals surface area contributed by atoms with Crippen LogP contribution in [0.3, 0.4) is 0 Å². The molecule has 0 aliphatic rings. The number of hydrazine groups is 1. The second-order valence-electron chi connectivity index (χ2n) is 5.04. The van der Waals surface area contributed by atoms with Crippen molar-refractivity contribution in [3.05, 3.63) is 68.7 Å². The Kier molecular flexibility index (Phi) is 6.11. The molecule has 2 aromatic carbocycles. The van der Waals surface area contributed by atoms with Crippen molar-refractivity contribution >= 4 is 23.2 Å². The van der Waals surface area contributed by atoms with Gasteiger partial charge < -0.3 is 4.74 Å². The molecule has 0 fully saturated rings. The largest absolute Gasteiger partial charge is 0.487 e. The average molecular weight is 350 g/mol. The molecule has 0 aromatic heterocycles. The molecule has 7 nitrogen and oxygen atoms in total. The summed E-state index contributed by atoms with van der Waals surface area (Å²) in [5, 5.41) is 11.0. The molecule has 2 aromatic rings. The Morgan fingerprint density at radius 1 is 1.21 bits per heavy atom. The minimum atomic E-state index is -0.453. The molecule has 0 atom stereocenters. The number of nitrogens with two attached hydrogens (primary N) is 1. The predicted molar refractivity (Wildman–Crippen MR) is 89.5 cm³/mol. The first-order chi connectivity index (χ1) is 11.5. The van der Waals surface area contributed by atoms with Gasteiger partial charge in [0.2, 0.25) is 5.91 Å². The van der Waals surface area contributed by atoms with Crippen molar-refractivity contribution in [1.29, 1.82) is 0 Å². The topological polar surface area (TPSA) is 107 Å². The van der Waals surface area contributed by atoms with Gasteiger partial charge in [0.15, 0.2) is 0 Å². The van der Waals surface area contributed by atoms with E-state index in [1.54, 1.807) is 24.3 Å².